The predicted molar refractivity (Wildman–Crippen MR) is 416 cm³/mol. The first-order valence-electron chi connectivity index (χ1n) is 37.1. The lowest BCUT2D eigenvalue weighted by Gasteiger charge is -2.43. The zero-order chi connectivity index (χ0) is 83.6. The lowest BCUT2D eigenvalue weighted by molar-refractivity contribution is -0.282. The standard InChI is InChI=1S/C80H99N9O25Si/c1-47-37-61-75(99)89(66(94)46-106-53-28-29-62(57(40-53)71(95)82-31-34-104-35-36-107-85-78(101)114-79(5,6)7)112-77-70(111-50(4)92)68(110-49(3)91)67(109-48(2)90)69(113-77)76(100)103-14)58-42-64(63(102-13)41-56(58)74(98)88(61)43-47)105-32-22-30-81-72(96)59-39-52(45-86(59)11)84-73(97)60-38-51(44-87(60)12)83-65(93)27-21-33-108-115(80(8,9)10,54-23-17-15-18-24-54)55-25-19-16-20-26-55/h15-20,23-26,28-29,38-42,44-45,61,67-70,75,77,99H,1,21-22,27,30-37,43,46H2,2-14H3,(H,81,96)(H,82,95)(H,83,93)(H,84,97)(H,85,101)/t61-,67-,68-,69-,70+,75?,77+/m0/s1. The maximum absolute atomic E-state index is 14.9. The maximum atomic E-state index is 14.9. The van der Waals surface area contributed by atoms with E-state index < -0.39 is 123 Å². The number of rotatable bonds is 34. The van der Waals surface area contributed by atoms with Crippen molar-refractivity contribution in [2.45, 2.75) is 142 Å². The van der Waals surface area contributed by atoms with Crippen molar-refractivity contribution in [3.63, 3.8) is 0 Å². The summed E-state index contributed by atoms with van der Waals surface area (Å²) in [6.07, 6.45) is -7.52. The summed E-state index contributed by atoms with van der Waals surface area (Å²) in [6, 6.07) is 28.9. The molecular weight excluding hydrogens is 1520 g/mol. The number of methoxy groups -OCH3 is 2. The summed E-state index contributed by atoms with van der Waals surface area (Å²) < 4.78 is 72.4. The van der Waals surface area contributed by atoms with Crippen LogP contribution in [-0.2, 0) is 85.3 Å². The van der Waals surface area contributed by atoms with Gasteiger partial charge in [0.15, 0.2) is 42.6 Å². The summed E-state index contributed by atoms with van der Waals surface area (Å²) in [7, 11) is 2.86. The van der Waals surface area contributed by atoms with Crippen LogP contribution < -0.4 is 61.0 Å². The highest BCUT2D eigenvalue weighted by atomic mass is 28.4. The molecule has 5 heterocycles. The van der Waals surface area contributed by atoms with Crippen molar-refractivity contribution in [3.05, 3.63) is 150 Å². The number of carbonyl (C=O) groups is 11. The summed E-state index contributed by atoms with van der Waals surface area (Å²) in [6.45, 7) is 17.8. The van der Waals surface area contributed by atoms with Crippen LogP contribution in [0.15, 0.2) is 128 Å². The Labute approximate surface area is 665 Å². The number of hydrogen-bond donors (Lipinski definition) is 6. The number of aryl methyl sites for hydroxylation is 2. The van der Waals surface area contributed by atoms with E-state index in [-0.39, 0.29) is 127 Å². The number of esters is 4. The minimum Gasteiger partial charge on any atom is -0.493 e. The molecule has 0 bridgehead atoms. The first kappa shape index (κ1) is 87.3. The summed E-state index contributed by atoms with van der Waals surface area (Å²) >= 11 is 0. The fourth-order valence-corrected chi connectivity index (χ4v) is 18.1. The van der Waals surface area contributed by atoms with Crippen molar-refractivity contribution in [1.82, 2.24) is 30.1 Å². The first-order chi connectivity index (χ1) is 54.6. The number of amides is 7. The smallest absolute Gasteiger partial charge is 0.431 e. The number of ether oxygens (including phenoxy) is 11. The Morgan fingerprint density at radius 2 is 1.27 bits per heavy atom. The van der Waals surface area contributed by atoms with Crippen LogP contribution in [-0.4, -0.2) is 215 Å². The average molecular weight is 1610 g/mol. The zero-order valence-corrected chi connectivity index (χ0v) is 67.4. The van der Waals surface area contributed by atoms with Gasteiger partial charge in [0.05, 0.1) is 74.9 Å². The monoisotopic (exact) mass is 1610 g/mol. The molecule has 6 aromatic rings. The van der Waals surface area contributed by atoms with Crippen molar-refractivity contribution in [1.29, 1.82) is 0 Å². The molecule has 115 heavy (non-hydrogen) atoms. The Bertz CT molecular complexity index is 4500. The molecule has 2 saturated heterocycles. The normalized spacial score (nSPS) is 17.9. The minimum absolute atomic E-state index is 0.0402. The largest absolute Gasteiger partial charge is 0.493 e. The number of benzene rings is 4. The van der Waals surface area contributed by atoms with Crippen LogP contribution in [0.4, 0.5) is 21.9 Å². The third kappa shape index (κ3) is 22.2. The molecule has 35 heteroatoms. The van der Waals surface area contributed by atoms with Gasteiger partial charge in [-0.05, 0) is 91.8 Å². The molecule has 2 aromatic heterocycles. The first-order valence-corrected chi connectivity index (χ1v) is 39.0. The fraction of sp³-hybridized carbons (Fsp3) is 0.438. The number of aliphatic hydroxyl groups excluding tert-OH is 1. The Morgan fingerprint density at radius 3 is 1.89 bits per heavy atom. The van der Waals surface area contributed by atoms with E-state index in [1.165, 1.54) is 42.3 Å². The molecule has 0 aliphatic carbocycles. The van der Waals surface area contributed by atoms with Crippen LogP contribution in [0.2, 0.25) is 5.04 Å². The minimum atomic E-state index is -2.80. The Balaban J connectivity index is 0.850. The molecule has 9 rings (SSSR count). The number of nitrogens with zero attached hydrogens (tertiary/aromatic N) is 4. The van der Waals surface area contributed by atoms with E-state index in [9.17, 15) is 57.8 Å². The maximum Gasteiger partial charge on any atom is 0.431 e. The lowest BCUT2D eigenvalue weighted by atomic mass is 9.97. The highest BCUT2D eigenvalue weighted by molar-refractivity contribution is 6.99. The van der Waals surface area contributed by atoms with E-state index in [0.29, 0.717) is 30.0 Å². The van der Waals surface area contributed by atoms with Gasteiger partial charge in [0.2, 0.25) is 18.3 Å². The summed E-state index contributed by atoms with van der Waals surface area (Å²) in [4.78, 5) is 155. The topological polar surface area (TPSA) is 404 Å². The van der Waals surface area contributed by atoms with Gasteiger partial charge in [-0.15, -0.1) is 0 Å². The zero-order valence-electron chi connectivity index (χ0n) is 66.4. The average Bonchev–Trinajstić information content (AvgIpc) is 1.69. The molecule has 0 spiro atoms. The molecule has 0 radical (unpaired) electrons. The van der Waals surface area contributed by atoms with Crippen LogP contribution in [0, 0.1) is 0 Å². The van der Waals surface area contributed by atoms with Gasteiger partial charge >= 0.3 is 30.0 Å². The van der Waals surface area contributed by atoms with Crippen molar-refractivity contribution in [2.24, 2.45) is 14.1 Å². The number of nitrogens with one attached hydrogen (secondary N) is 5. The number of aliphatic hydroxyl groups is 1. The quantitative estimate of drug-likeness (QED) is 0.00683. The SMILES string of the molecule is C=C1C[C@H]2C(O)N(C(=O)COc3ccc(O[C@@H]4O[C@H](C(=O)OC)[C@@H](OC(C)=O)[C@H](OC(C)=O)[C@H]4OC(C)=O)c(C(=O)NCCOCCONC(=O)OC(C)(C)C)c3)c3cc(OCCCNC(=O)c4cc(NC(=O)c5cc(NC(=O)CCCO[Si](c6ccccc6)(c6ccccc6)C(C)(C)C)cn5C)cn4C)c(OC)cc3C(=O)N2C1. The summed E-state index contributed by atoms with van der Waals surface area (Å²) in [5.74, 6) is -8.00. The molecule has 3 aliphatic rings. The number of carbonyl (C=O) groups excluding carboxylic acids is 11. The third-order valence-electron chi connectivity index (χ3n) is 18.4. The Morgan fingerprint density at radius 1 is 0.652 bits per heavy atom. The van der Waals surface area contributed by atoms with E-state index in [4.69, 9.17) is 61.4 Å². The van der Waals surface area contributed by atoms with Gasteiger partial charge in [-0.2, -0.15) is 5.48 Å². The van der Waals surface area contributed by atoms with E-state index in [0.717, 1.165) is 49.2 Å². The summed E-state index contributed by atoms with van der Waals surface area (Å²) in [5.41, 5.74) is 2.63. The molecular formula is C80H99N9O25Si. The van der Waals surface area contributed by atoms with Gasteiger partial charge in [0.25, 0.3) is 37.9 Å². The van der Waals surface area contributed by atoms with Crippen molar-refractivity contribution in [3.8, 4) is 23.0 Å². The molecule has 3 aliphatic heterocycles. The second-order valence-corrected chi connectivity index (χ2v) is 33.5. The second-order valence-electron chi connectivity index (χ2n) is 29.2. The van der Waals surface area contributed by atoms with Crippen LogP contribution >= 0.6 is 0 Å². The van der Waals surface area contributed by atoms with Crippen LogP contribution in [0.5, 0.6) is 23.0 Å². The molecule has 6 N–H and O–H groups in total. The molecule has 34 nitrogen and oxygen atoms in total. The fourth-order valence-electron chi connectivity index (χ4n) is 13.5. The van der Waals surface area contributed by atoms with E-state index in [2.05, 4.69) is 78.4 Å². The predicted octanol–water partition coefficient (Wildman–Crippen LogP) is 5.91. The molecule has 1 unspecified atom stereocenters. The molecule has 0 saturated carbocycles. The van der Waals surface area contributed by atoms with Gasteiger partial charge in [-0.1, -0.05) is 93.6 Å². The molecule has 7 amide bonds. The van der Waals surface area contributed by atoms with Crippen LogP contribution in [0.3, 0.4) is 0 Å². The second kappa shape index (κ2) is 38.9. The van der Waals surface area contributed by atoms with Gasteiger partial charge in [-0.25, -0.2) is 9.59 Å². The van der Waals surface area contributed by atoms with Crippen molar-refractivity contribution in [2.75, 3.05) is 89.0 Å². The number of hydrogen-bond acceptors (Lipinski definition) is 25. The lowest BCUT2D eigenvalue weighted by Crippen LogP contribution is -2.66. The van der Waals surface area contributed by atoms with Crippen molar-refractivity contribution >= 4 is 101 Å². The molecule has 2 fully saturated rings. The summed E-state index contributed by atoms with van der Waals surface area (Å²) in [5, 5.41) is 25.6. The molecule has 7 atom stereocenters. The molecule has 4 aromatic carbocycles. The van der Waals surface area contributed by atoms with E-state index in [1.54, 1.807) is 62.5 Å². The third-order valence-corrected chi connectivity index (χ3v) is 23.5. The Kier molecular flexibility index (Phi) is 29.6. The van der Waals surface area contributed by atoms with Gasteiger partial charge in [-0.3, -0.25) is 52.9 Å². The highest BCUT2D eigenvalue weighted by Gasteiger charge is 2.57. The van der Waals surface area contributed by atoms with Crippen molar-refractivity contribution < 1.29 is 119 Å². The van der Waals surface area contributed by atoms with Gasteiger partial charge < -0.3 is 96.9 Å². The number of aromatic nitrogens is 2. The van der Waals surface area contributed by atoms with Crippen LogP contribution in [0.25, 0.3) is 0 Å². The van der Waals surface area contributed by atoms with Gasteiger partial charge in [0.1, 0.15) is 28.5 Å². The van der Waals surface area contributed by atoms with E-state index in [1.807, 2.05) is 36.4 Å². The number of hydroxylamine groups is 1. The highest BCUT2D eigenvalue weighted by Crippen LogP contribution is 2.43. The molecule has 618 valence electrons. The van der Waals surface area contributed by atoms with E-state index >= 15 is 0 Å². The Hall–Kier alpha value is -11.6. The number of fused-ring (bicyclic) bond motifs is 2. The van der Waals surface area contributed by atoms with Gasteiger partial charge in [0, 0.05) is 86.0 Å². The van der Waals surface area contributed by atoms with Crippen LogP contribution in [0.1, 0.15) is 130 Å². The number of anilines is 3.